The van der Waals surface area contributed by atoms with Gasteiger partial charge in [-0.15, -0.1) is 0 Å². The predicted molar refractivity (Wildman–Crippen MR) is 168 cm³/mol. The molecule has 1 aromatic carbocycles. The minimum atomic E-state index is -0.532. The minimum Gasteiger partial charge on any atom is -0.429 e. The van der Waals surface area contributed by atoms with Crippen LogP contribution in [0.4, 0.5) is 0 Å². The number of aliphatic hydroxyl groups excluding tert-OH is 1. The number of ether oxygens (including phenoxy) is 1. The lowest BCUT2D eigenvalue weighted by atomic mass is 9.32. The molecule has 0 aromatic heterocycles. The fourth-order valence-corrected chi connectivity index (χ4v) is 12.6. The quantitative estimate of drug-likeness (QED) is 0.284. The fourth-order valence-electron chi connectivity index (χ4n) is 12.6. The summed E-state index contributed by atoms with van der Waals surface area (Å²) in [4.78, 5) is 24.2. The summed E-state index contributed by atoms with van der Waals surface area (Å²) >= 11 is 0. The SMILES string of the molecule is C=C(C)[C@@H]1CC[C@]2(C(C)=O)CC[C@]3(C)[C@H](CC[C@@H]4[C@@]5(C)[C@H](O)C=C(c6ccc(OC=O)cc6)C(C)(C)[C@@H]5CC[C@]43C)[C@@H]12. The van der Waals surface area contributed by atoms with Crippen molar-refractivity contribution in [2.24, 2.45) is 56.7 Å². The Kier molecular flexibility index (Phi) is 6.86. The van der Waals surface area contributed by atoms with E-state index in [4.69, 9.17) is 4.74 Å². The van der Waals surface area contributed by atoms with Crippen molar-refractivity contribution in [3.8, 4) is 5.75 Å². The highest BCUT2D eigenvalue weighted by Crippen LogP contribution is 2.77. The Balaban J connectivity index is 1.39. The van der Waals surface area contributed by atoms with Crippen molar-refractivity contribution in [1.82, 2.24) is 0 Å². The molecule has 228 valence electrons. The van der Waals surface area contributed by atoms with E-state index in [-0.39, 0.29) is 27.1 Å². The van der Waals surface area contributed by atoms with E-state index in [0.717, 1.165) is 56.9 Å². The normalized spacial score (nSPS) is 45.4. The summed E-state index contributed by atoms with van der Waals surface area (Å²) < 4.78 is 5.04. The van der Waals surface area contributed by atoms with Gasteiger partial charge in [0.1, 0.15) is 11.5 Å². The van der Waals surface area contributed by atoms with Crippen molar-refractivity contribution in [1.29, 1.82) is 0 Å². The molecule has 0 bridgehead atoms. The zero-order valence-corrected chi connectivity index (χ0v) is 27.0. The highest BCUT2D eigenvalue weighted by atomic mass is 16.5. The van der Waals surface area contributed by atoms with Crippen LogP contribution in [-0.4, -0.2) is 23.5 Å². The first-order chi connectivity index (χ1) is 19.7. The molecular formula is C38H52O4. The Morgan fingerprint density at radius 2 is 1.60 bits per heavy atom. The maximum absolute atomic E-state index is 13.4. The third kappa shape index (κ3) is 3.69. The molecule has 10 atom stereocenters. The highest BCUT2D eigenvalue weighted by Gasteiger charge is 2.72. The number of hydrogen-bond acceptors (Lipinski definition) is 4. The predicted octanol–water partition coefficient (Wildman–Crippen LogP) is 8.43. The molecule has 0 heterocycles. The van der Waals surface area contributed by atoms with Crippen LogP contribution in [0.15, 0.2) is 42.5 Å². The van der Waals surface area contributed by atoms with Gasteiger partial charge in [-0.25, -0.2) is 0 Å². The number of aliphatic hydroxyl groups is 1. The standard InChI is InChI=1S/C38H52O4/c1-23(2)27-15-18-38(24(3)40)20-19-35(6)28(33(27)38)13-14-31-36(35,7)17-16-30-34(4,5)29(21-32(41)37(30,31)8)25-9-11-26(12-10-25)42-22-39/h9-12,21-22,27-28,30-33,41H,1,13-20H2,2-8H3/t27-,28+,30-,31-,32+,33+,35+,36+,37-,38+/m0/s1. The first-order valence-corrected chi connectivity index (χ1v) is 16.5. The second-order valence-corrected chi connectivity index (χ2v) is 16.2. The average molecular weight is 573 g/mol. The summed E-state index contributed by atoms with van der Waals surface area (Å²) in [6, 6.07) is 7.71. The lowest BCUT2D eigenvalue weighted by molar-refractivity contribution is -0.240. The Bertz CT molecular complexity index is 1320. The summed E-state index contributed by atoms with van der Waals surface area (Å²) in [5.41, 5.74) is 3.26. The van der Waals surface area contributed by atoms with Crippen molar-refractivity contribution < 1.29 is 19.4 Å². The van der Waals surface area contributed by atoms with E-state index in [0.29, 0.717) is 47.6 Å². The van der Waals surface area contributed by atoms with Gasteiger partial charge in [0, 0.05) is 10.8 Å². The van der Waals surface area contributed by atoms with Crippen LogP contribution < -0.4 is 4.74 Å². The summed E-state index contributed by atoms with van der Waals surface area (Å²) in [5.74, 6) is 3.07. The molecular weight excluding hydrogens is 520 g/mol. The third-order valence-corrected chi connectivity index (χ3v) is 14.8. The van der Waals surface area contributed by atoms with Gasteiger partial charge in [0.2, 0.25) is 0 Å². The number of ketones is 1. The zero-order valence-electron chi connectivity index (χ0n) is 27.0. The van der Waals surface area contributed by atoms with Crippen molar-refractivity contribution in [2.75, 3.05) is 0 Å². The van der Waals surface area contributed by atoms with Gasteiger partial charge in [-0.2, -0.15) is 0 Å². The molecule has 4 nitrogen and oxygen atoms in total. The minimum absolute atomic E-state index is 0.0998. The largest absolute Gasteiger partial charge is 0.429 e. The molecule has 0 aliphatic heterocycles. The maximum Gasteiger partial charge on any atom is 0.298 e. The molecule has 0 unspecified atom stereocenters. The van der Waals surface area contributed by atoms with Crippen LogP contribution in [0.5, 0.6) is 5.75 Å². The van der Waals surface area contributed by atoms with Gasteiger partial charge in [-0.3, -0.25) is 9.59 Å². The van der Waals surface area contributed by atoms with E-state index >= 15 is 0 Å². The number of Topliss-reactive ketones (excluding diaryl/α,β-unsaturated/α-hetero) is 1. The highest BCUT2D eigenvalue weighted by molar-refractivity contribution is 5.83. The Labute approximate surface area is 253 Å². The monoisotopic (exact) mass is 572 g/mol. The van der Waals surface area contributed by atoms with E-state index in [1.165, 1.54) is 11.1 Å². The molecule has 42 heavy (non-hydrogen) atoms. The van der Waals surface area contributed by atoms with Crippen molar-refractivity contribution in [3.63, 3.8) is 0 Å². The van der Waals surface area contributed by atoms with Gasteiger partial charge in [-0.1, -0.05) is 65.0 Å². The lowest BCUT2D eigenvalue weighted by Crippen LogP contribution is -2.68. The van der Waals surface area contributed by atoms with Crippen molar-refractivity contribution >= 4 is 17.8 Å². The summed E-state index contributed by atoms with van der Waals surface area (Å²) in [6.07, 6.45) is 10.4. The number of fused-ring (bicyclic) bond motifs is 7. The Morgan fingerprint density at radius 1 is 0.905 bits per heavy atom. The molecule has 5 aliphatic carbocycles. The number of carbonyl (C=O) groups excluding carboxylic acids is 2. The third-order valence-electron chi connectivity index (χ3n) is 14.8. The first kappa shape index (κ1) is 29.9. The Hall–Kier alpha value is -2.20. The van der Waals surface area contributed by atoms with Gasteiger partial charge in [0.25, 0.3) is 6.47 Å². The van der Waals surface area contributed by atoms with Crippen LogP contribution in [0.25, 0.3) is 5.57 Å². The summed E-state index contributed by atoms with van der Waals surface area (Å²) in [5, 5.41) is 12.2. The van der Waals surface area contributed by atoms with Crippen LogP contribution in [0.3, 0.4) is 0 Å². The Morgan fingerprint density at radius 3 is 2.21 bits per heavy atom. The number of carbonyl (C=O) groups is 2. The topological polar surface area (TPSA) is 63.6 Å². The fraction of sp³-hybridized carbons (Fsp3) is 0.684. The zero-order chi connectivity index (χ0) is 30.5. The molecule has 4 fully saturated rings. The molecule has 5 aliphatic rings. The molecule has 6 rings (SSSR count). The van der Waals surface area contributed by atoms with Gasteiger partial charge in [0.15, 0.2) is 0 Å². The van der Waals surface area contributed by atoms with Gasteiger partial charge < -0.3 is 9.84 Å². The number of benzene rings is 1. The number of hydrogen-bond donors (Lipinski definition) is 1. The maximum atomic E-state index is 13.4. The molecule has 0 amide bonds. The van der Waals surface area contributed by atoms with Crippen LogP contribution >= 0.6 is 0 Å². The van der Waals surface area contributed by atoms with Crippen LogP contribution in [0.2, 0.25) is 0 Å². The first-order valence-electron chi connectivity index (χ1n) is 16.5. The van der Waals surface area contributed by atoms with E-state index < -0.39 is 6.10 Å². The van der Waals surface area contributed by atoms with Crippen LogP contribution in [-0.2, 0) is 9.59 Å². The average Bonchev–Trinajstić information content (AvgIpc) is 3.34. The molecule has 1 N–H and O–H groups in total. The van der Waals surface area contributed by atoms with Crippen LogP contribution in [0, 0.1) is 56.7 Å². The second-order valence-electron chi connectivity index (χ2n) is 16.2. The van der Waals surface area contributed by atoms with E-state index in [2.05, 4.69) is 54.2 Å². The number of rotatable bonds is 5. The van der Waals surface area contributed by atoms with Gasteiger partial charge in [0.05, 0.1) is 6.10 Å². The van der Waals surface area contributed by atoms with E-state index in [1.54, 1.807) is 0 Å². The van der Waals surface area contributed by atoms with E-state index in [9.17, 15) is 14.7 Å². The van der Waals surface area contributed by atoms with E-state index in [1.807, 2.05) is 31.2 Å². The molecule has 0 radical (unpaired) electrons. The van der Waals surface area contributed by atoms with Crippen molar-refractivity contribution in [3.05, 3.63) is 48.1 Å². The molecule has 0 saturated heterocycles. The second kappa shape index (κ2) is 9.65. The molecule has 4 saturated carbocycles. The van der Waals surface area contributed by atoms with Crippen LogP contribution in [0.1, 0.15) is 105 Å². The van der Waals surface area contributed by atoms with Gasteiger partial charge >= 0.3 is 0 Å². The lowest BCUT2D eigenvalue weighted by Gasteiger charge is -2.72. The van der Waals surface area contributed by atoms with Gasteiger partial charge in [-0.05, 0) is 134 Å². The molecule has 0 spiro atoms. The smallest absolute Gasteiger partial charge is 0.298 e. The number of allylic oxidation sites excluding steroid dienone is 2. The molecule has 1 aromatic rings. The summed E-state index contributed by atoms with van der Waals surface area (Å²) in [7, 11) is 0. The molecule has 4 heteroatoms. The summed E-state index contributed by atoms with van der Waals surface area (Å²) in [6.45, 7) is 21.3. The van der Waals surface area contributed by atoms with Crippen molar-refractivity contribution in [2.45, 2.75) is 106 Å².